The number of halogens is 1. The van der Waals surface area contributed by atoms with E-state index in [2.05, 4.69) is 5.32 Å². The molecule has 1 amide bonds. The van der Waals surface area contributed by atoms with Crippen molar-refractivity contribution in [3.8, 4) is 5.75 Å². The SMILES string of the molecule is COc1ccc(N(C)S(=O)(=O)c2cccc(C(=O)Nc3ccc(C)cc3Cl)c2)cc1. The Morgan fingerprint density at radius 2 is 1.73 bits per heavy atom. The Morgan fingerprint density at radius 3 is 2.37 bits per heavy atom. The van der Waals surface area contributed by atoms with Crippen molar-refractivity contribution in [1.29, 1.82) is 0 Å². The highest BCUT2D eigenvalue weighted by Crippen LogP contribution is 2.26. The molecule has 8 heteroatoms. The highest BCUT2D eigenvalue weighted by molar-refractivity contribution is 7.92. The Kier molecular flexibility index (Phi) is 6.34. The fourth-order valence-corrected chi connectivity index (χ4v) is 4.33. The van der Waals surface area contributed by atoms with Gasteiger partial charge < -0.3 is 10.1 Å². The summed E-state index contributed by atoms with van der Waals surface area (Å²) in [5, 5.41) is 3.12. The zero-order chi connectivity index (χ0) is 21.9. The molecule has 0 bridgehead atoms. The van der Waals surface area contributed by atoms with Crippen LogP contribution < -0.4 is 14.4 Å². The summed E-state index contributed by atoms with van der Waals surface area (Å²) in [6, 6.07) is 17.8. The van der Waals surface area contributed by atoms with Gasteiger partial charge >= 0.3 is 0 Å². The van der Waals surface area contributed by atoms with Crippen molar-refractivity contribution in [3.63, 3.8) is 0 Å². The van der Waals surface area contributed by atoms with Crippen LogP contribution in [0.5, 0.6) is 5.75 Å². The molecule has 3 aromatic rings. The van der Waals surface area contributed by atoms with Crippen molar-refractivity contribution in [2.75, 3.05) is 23.8 Å². The molecule has 0 aliphatic heterocycles. The molecule has 0 unspecified atom stereocenters. The van der Waals surface area contributed by atoms with E-state index in [1.807, 2.05) is 13.0 Å². The van der Waals surface area contributed by atoms with Crippen LogP contribution in [0.2, 0.25) is 5.02 Å². The van der Waals surface area contributed by atoms with Gasteiger partial charge in [-0.1, -0.05) is 23.7 Å². The number of ether oxygens (including phenoxy) is 1. The zero-order valence-corrected chi connectivity index (χ0v) is 18.3. The molecule has 0 atom stereocenters. The van der Waals surface area contributed by atoms with E-state index in [0.29, 0.717) is 22.1 Å². The first kappa shape index (κ1) is 21.7. The number of amides is 1. The topological polar surface area (TPSA) is 75.7 Å². The van der Waals surface area contributed by atoms with Gasteiger partial charge in [-0.15, -0.1) is 0 Å². The molecule has 1 N–H and O–H groups in total. The molecule has 0 aliphatic rings. The smallest absolute Gasteiger partial charge is 0.264 e. The molecule has 0 radical (unpaired) electrons. The molecular weight excluding hydrogens is 424 g/mol. The first-order valence-corrected chi connectivity index (χ1v) is 10.8. The molecule has 0 saturated heterocycles. The van der Waals surface area contributed by atoms with E-state index < -0.39 is 15.9 Å². The second kappa shape index (κ2) is 8.77. The van der Waals surface area contributed by atoms with Crippen LogP contribution in [0.3, 0.4) is 0 Å². The van der Waals surface area contributed by atoms with Gasteiger partial charge in [0.2, 0.25) is 0 Å². The van der Waals surface area contributed by atoms with Crippen molar-refractivity contribution in [3.05, 3.63) is 82.9 Å². The number of nitrogens with zero attached hydrogens (tertiary/aromatic N) is 1. The number of hydrogen-bond acceptors (Lipinski definition) is 4. The van der Waals surface area contributed by atoms with Crippen LogP contribution in [-0.2, 0) is 10.0 Å². The molecule has 30 heavy (non-hydrogen) atoms. The predicted octanol–water partition coefficient (Wildman–Crippen LogP) is 4.73. The fraction of sp³-hybridized carbons (Fsp3) is 0.136. The number of nitrogens with one attached hydrogen (secondary N) is 1. The average molecular weight is 445 g/mol. The van der Waals surface area contributed by atoms with Gasteiger partial charge in [0.25, 0.3) is 15.9 Å². The predicted molar refractivity (Wildman–Crippen MR) is 119 cm³/mol. The van der Waals surface area contributed by atoms with E-state index in [-0.39, 0.29) is 10.5 Å². The summed E-state index contributed by atoms with van der Waals surface area (Å²) in [5.41, 5.74) is 2.09. The third kappa shape index (κ3) is 4.58. The van der Waals surface area contributed by atoms with Crippen molar-refractivity contribution in [2.24, 2.45) is 0 Å². The van der Waals surface area contributed by atoms with Crippen LogP contribution in [0.4, 0.5) is 11.4 Å². The minimum atomic E-state index is -3.87. The Labute approximate surface area is 181 Å². The third-order valence-corrected chi connectivity index (χ3v) is 6.66. The average Bonchev–Trinajstić information content (AvgIpc) is 2.75. The van der Waals surface area contributed by atoms with E-state index in [4.69, 9.17) is 16.3 Å². The highest BCUT2D eigenvalue weighted by atomic mass is 35.5. The molecule has 0 spiro atoms. The number of anilines is 2. The number of benzene rings is 3. The molecule has 156 valence electrons. The van der Waals surface area contributed by atoms with Crippen LogP contribution in [0.1, 0.15) is 15.9 Å². The monoisotopic (exact) mass is 444 g/mol. The summed E-state index contributed by atoms with van der Waals surface area (Å²) in [6.45, 7) is 1.89. The van der Waals surface area contributed by atoms with Crippen LogP contribution in [-0.4, -0.2) is 28.5 Å². The summed E-state index contributed by atoms with van der Waals surface area (Å²) in [7, 11) is -0.876. The Bertz CT molecular complexity index is 1180. The van der Waals surface area contributed by atoms with Gasteiger partial charge in [0.15, 0.2) is 0 Å². The minimum Gasteiger partial charge on any atom is -0.497 e. The lowest BCUT2D eigenvalue weighted by atomic mass is 10.2. The number of hydrogen-bond donors (Lipinski definition) is 1. The first-order valence-electron chi connectivity index (χ1n) is 9.03. The number of sulfonamides is 1. The third-order valence-electron chi connectivity index (χ3n) is 4.56. The van der Waals surface area contributed by atoms with Crippen molar-refractivity contribution >= 4 is 38.9 Å². The lowest BCUT2D eigenvalue weighted by molar-refractivity contribution is 0.102. The van der Waals surface area contributed by atoms with Gasteiger partial charge in [-0.3, -0.25) is 9.10 Å². The number of carbonyl (C=O) groups is 1. The van der Waals surface area contributed by atoms with E-state index in [1.54, 1.807) is 42.5 Å². The Balaban J connectivity index is 1.86. The van der Waals surface area contributed by atoms with Crippen molar-refractivity contribution < 1.29 is 17.9 Å². The highest BCUT2D eigenvalue weighted by Gasteiger charge is 2.22. The van der Waals surface area contributed by atoms with Crippen LogP contribution in [0, 0.1) is 6.92 Å². The number of methoxy groups -OCH3 is 1. The van der Waals surface area contributed by atoms with Gasteiger partial charge in [0.05, 0.1) is 28.4 Å². The summed E-state index contributed by atoms with van der Waals surface area (Å²) in [6.07, 6.45) is 0. The van der Waals surface area contributed by atoms with Crippen LogP contribution in [0.15, 0.2) is 71.6 Å². The molecule has 0 heterocycles. The largest absolute Gasteiger partial charge is 0.497 e. The summed E-state index contributed by atoms with van der Waals surface area (Å²) < 4.78 is 32.4. The first-order chi connectivity index (χ1) is 14.2. The molecule has 6 nitrogen and oxygen atoms in total. The van der Waals surface area contributed by atoms with E-state index in [1.165, 1.54) is 32.4 Å². The van der Waals surface area contributed by atoms with E-state index in [9.17, 15) is 13.2 Å². The summed E-state index contributed by atoms with van der Waals surface area (Å²) >= 11 is 6.17. The van der Waals surface area contributed by atoms with Gasteiger partial charge in [-0.2, -0.15) is 0 Å². The van der Waals surface area contributed by atoms with Gasteiger partial charge in [0, 0.05) is 12.6 Å². The number of rotatable bonds is 6. The molecule has 3 rings (SSSR count). The van der Waals surface area contributed by atoms with Gasteiger partial charge in [0.1, 0.15) is 5.75 Å². The van der Waals surface area contributed by atoms with E-state index in [0.717, 1.165) is 9.87 Å². The lowest BCUT2D eigenvalue weighted by Crippen LogP contribution is -2.26. The maximum atomic E-state index is 13.1. The van der Waals surface area contributed by atoms with Gasteiger partial charge in [-0.05, 0) is 67.1 Å². The van der Waals surface area contributed by atoms with Gasteiger partial charge in [-0.25, -0.2) is 8.42 Å². The molecular formula is C22H21ClN2O4S. The van der Waals surface area contributed by atoms with Crippen molar-refractivity contribution in [1.82, 2.24) is 0 Å². The van der Waals surface area contributed by atoms with Crippen LogP contribution >= 0.6 is 11.6 Å². The Morgan fingerprint density at radius 1 is 1.03 bits per heavy atom. The fourth-order valence-electron chi connectivity index (χ4n) is 2.80. The second-order valence-electron chi connectivity index (χ2n) is 6.64. The normalized spacial score (nSPS) is 11.1. The summed E-state index contributed by atoms with van der Waals surface area (Å²) in [4.78, 5) is 12.7. The molecule has 3 aromatic carbocycles. The molecule has 0 saturated carbocycles. The minimum absolute atomic E-state index is 0.00321. The number of carbonyl (C=O) groups excluding carboxylic acids is 1. The standard InChI is InChI=1S/C22H21ClN2O4S/c1-15-7-12-21(20(23)13-15)24-22(26)16-5-4-6-19(14-16)30(27,28)25(2)17-8-10-18(29-3)11-9-17/h4-14H,1-3H3,(H,24,26). The molecule has 0 aromatic heterocycles. The quantitative estimate of drug-likeness (QED) is 0.596. The molecule has 0 aliphatic carbocycles. The van der Waals surface area contributed by atoms with Crippen LogP contribution in [0.25, 0.3) is 0 Å². The Hall–Kier alpha value is -3.03. The maximum Gasteiger partial charge on any atom is 0.264 e. The summed E-state index contributed by atoms with van der Waals surface area (Å²) in [5.74, 6) is 0.169. The van der Waals surface area contributed by atoms with E-state index >= 15 is 0 Å². The maximum absolute atomic E-state index is 13.1. The number of aryl methyl sites for hydroxylation is 1. The van der Waals surface area contributed by atoms with Crippen molar-refractivity contribution in [2.45, 2.75) is 11.8 Å². The lowest BCUT2D eigenvalue weighted by Gasteiger charge is -2.20. The second-order valence-corrected chi connectivity index (χ2v) is 9.01. The molecule has 0 fully saturated rings. The zero-order valence-electron chi connectivity index (χ0n) is 16.7.